The summed E-state index contributed by atoms with van der Waals surface area (Å²) >= 11 is 1.49. The third kappa shape index (κ3) is 7.18. The van der Waals surface area contributed by atoms with Gasteiger partial charge in [-0.25, -0.2) is 4.79 Å². The van der Waals surface area contributed by atoms with Gasteiger partial charge in [0.15, 0.2) is 0 Å². The first-order chi connectivity index (χ1) is 9.88. The second-order valence-corrected chi connectivity index (χ2v) is 6.55. The Labute approximate surface area is 130 Å². The van der Waals surface area contributed by atoms with Crippen molar-refractivity contribution >= 4 is 23.6 Å². The van der Waals surface area contributed by atoms with Crippen molar-refractivity contribution in [3.05, 3.63) is 35.4 Å². The van der Waals surface area contributed by atoms with Crippen molar-refractivity contribution in [3.63, 3.8) is 0 Å². The molecule has 0 aliphatic carbocycles. The zero-order valence-electron chi connectivity index (χ0n) is 12.8. The van der Waals surface area contributed by atoms with Gasteiger partial charge in [0.1, 0.15) is 6.04 Å². The normalized spacial score (nSPS) is 12.2. The number of aryl methyl sites for hydroxylation is 1. The minimum atomic E-state index is -0.972. The number of hydrogen-bond acceptors (Lipinski definition) is 3. The van der Waals surface area contributed by atoms with E-state index in [1.54, 1.807) is 0 Å². The lowest BCUT2D eigenvalue weighted by atomic mass is 10.0. The molecule has 0 fully saturated rings. The Morgan fingerprint density at radius 2 is 1.86 bits per heavy atom. The molecule has 0 saturated heterocycles. The number of benzene rings is 1. The summed E-state index contributed by atoms with van der Waals surface area (Å²) < 4.78 is 0. The standard InChI is InChI=1S/C16H23NO3S/c1-11(2)8-14(16(19)20)17-15(18)10-21-9-13-6-4-12(3)5-7-13/h4-7,11,14H,8-10H2,1-3H3,(H,17,18)(H,19,20)/t14-/m1/s1. The van der Waals surface area contributed by atoms with E-state index in [0.717, 1.165) is 11.3 Å². The van der Waals surface area contributed by atoms with Crippen molar-refractivity contribution in [1.29, 1.82) is 0 Å². The molecule has 1 aromatic carbocycles. The Bertz CT molecular complexity index is 471. The molecule has 0 unspecified atom stereocenters. The second-order valence-electron chi connectivity index (χ2n) is 5.57. The van der Waals surface area contributed by atoms with Crippen molar-refractivity contribution in [1.82, 2.24) is 5.32 Å². The molecule has 21 heavy (non-hydrogen) atoms. The van der Waals surface area contributed by atoms with Crippen LogP contribution >= 0.6 is 11.8 Å². The Morgan fingerprint density at radius 1 is 1.24 bits per heavy atom. The fourth-order valence-electron chi connectivity index (χ4n) is 1.87. The maximum Gasteiger partial charge on any atom is 0.326 e. The molecule has 1 aromatic rings. The van der Waals surface area contributed by atoms with Gasteiger partial charge in [-0.05, 0) is 24.8 Å². The van der Waals surface area contributed by atoms with Crippen LogP contribution in [0.25, 0.3) is 0 Å². The highest BCUT2D eigenvalue weighted by Gasteiger charge is 2.20. The highest BCUT2D eigenvalue weighted by molar-refractivity contribution is 7.99. The van der Waals surface area contributed by atoms with Crippen molar-refractivity contribution in [3.8, 4) is 0 Å². The number of carbonyl (C=O) groups is 2. The van der Waals surface area contributed by atoms with Crippen LogP contribution in [0.5, 0.6) is 0 Å². The van der Waals surface area contributed by atoms with Gasteiger partial charge in [-0.1, -0.05) is 43.7 Å². The lowest BCUT2D eigenvalue weighted by molar-refractivity contribution is -0.141. The molecule has 0 spiro atoms. The average molecular weight is 309 g/mol. The molecule has 1 rings (SSSR count). The molecule has 0 radical (unpaired) electrons. The first-order valence-electron chi connectivity index (χ1n) is 7.04. The molecular weight excluding hydrogens is 286 g/mol. The van der Waals surface area contributed by atoms with Gasteiger partial charge in [0.2, 0.25) is 5.91 Å². The molecule has 1 atom stereocenters. The zero-order chi connectivity index (χ0) is 15.8. The molecule has 5 heteroatoms. The first kappa shape index (κ1) is 17.6. The summed E-state index contributed by atoms with van der Waals surface area (Å²) in [6, 6.07) is 7.37. The van der Waals surface area contributed by atoms with Crippen LogP contribution in [0.1, 0.15) is 31.4 Å². The predicted octanol–water partition coefficient (Wildman–Crippen LogP) is 2.84. The number of nitrogens with one attached hydrogen (secondary N) is 1. The summed E-state index contributed by atoms with van der Waals surface area (Å²) in [5, 5.41) is 11.7. The lowest BCUT2D eigenvalue weighted by Gasteiger charge is -2.16. The fourth-order valence-corrected chi connectivity index (χ4v) is 2.67. The minimum Gasteiger partial charge on any atom is -0.480 e. The third-order valence-corrected chi connectivity index (χ3v) is 3.97. The minimum absolute atomic E-state index is 0.222. The van der Waals surface area contributed by atoms with E-state index in [2.05, 4.69) is 5.32 Å². The molecule has 0 aromatic heterocycles. The van der Waals surface area contributed by atoms with E-state index in [0.29, 0.717) is 6.42 Å². The number of hydrogen-bond donors (Lipinski definition) is 2. The number of carboxylic acid groups (broad SMARTS) is 1. The van der Waals surface area contributed by atoms with Crippen LogP contribution in [0.15, 0.2) is 24.3 Å². The molecule has 2 N–H and O–H groups in total. The average Bonchev–Trinajstić information content (AvgIpc) is 2.39. The summed E-state index contributed by atoms with van der Waals surface area (Å²) in [5.74, 6) is 0.0538. The summed E-state index contributed by atoms with van der Waals surface area (Å²) in [7, 11) is 0. The maximum absolute atomic E-state index is 11.8. The Hall–Kier alpha value is -1.49. The van der Waals surface area contributed by atoms with Gasteiger partial charge in [-0.2, -0.15) is 0 Å². The van der Waals surface area contributed by atoms with Crippen LogP contribution < -0.4 is 5.32 Å². The van der Waals surface area contributed by atoms with Gasteiger partial charge in [-0.15, -0.1) is 11.8 Å². The van der Waals surface area contributed by atoms with Crippen LogP contribution in [-0.4, -0.2) is 28.8 Å². The molecule has 0 bridgehead atoms. The molecule has 0 aliphatic rings. The van der Waals surface area contributed by atoms with Crippen molar-refractivity contribution < 1.29 is 14.7 Å². The summed E-state index contributed by atoms with van der Waals surface area (Å²) in [6.45, 7) is 5.91. The molecule has 0 heterocycles. The van der Waals surface area contributed by atoms with Crippen molar-refractivity contribution in [2.75, 3.05) is 5.75 Å². The molecule has 4 nitrogen and oxygen atoms in total. The van der Waals surface area contributed by atoms with Crippen LogP contribution in [0.3, 0.4) is 0 Å². The van der Waals surface area contributed by atoms with E-state index in [4.69, 9.17) is 5.11 Å². The van der Waals surface area contributed by atoms with E-state index >= 15 is 0 Å². The highest BCUT2D eigenvalue weighted by atomic mass is 32.2. The lowest BCUT2D eigenvalue weighted by Crippen LogP contribution is -2.42. The first-order valence-corrected chi connectivity index (χ1v) is 8.19. The Morgan fingerprint density at radius 3 is 2.38 bits per heavy atom. The van der Waals surface area contributed by atoms with E-state index in [-0.39, 0.29) is 17.6 Å². The summed E-state index contributed by atoms with van der Waals surface area (Å²) in [6.07, 6.45) is 0.448. The number of carboxylic acids is 1. The zero-order valence-corrected chi connectivity index (χ0v) is 13.6. The highest BCUT2D eigenvalue weighted by Crippen LogP contribution is 2.13. The van der Waals surface area contributed by atoms with E-state index in [1.165, 1.54) is 17.3 Å². The van der Waals surface area contributed by atoms with E-state index < -0.39 is 12.0 Å². The quantitative estimate of drug-likeness (QED) is 0.775. The Kier molecular flexibility index (Phi) is 7.29. The Balaban J connectivity index is 2.35. The van der Waals surface area contributed by atoms with Crippen molar-refractivity contribution in [2.45, 2.75) is 39.0 Å². The predicted molar refractivity (Wildman–Crippen MR) is 86.4 cm³/mol. The summed E-state index contributed by atoms with van der Waals surface area (Å²) in [4.78, 5) is 22.9. The van der Waals surface area contributed by atoms with Crippen LogP contribution in [-0.2, 0) is 15.3 Å². The monoisotopic (exact) mass is 309 g/mol. The van der Waals surface area contributed by atoms with Gasteiger partial charge < -0.3 is 10.4 Å². The van der Waals surface area contributed by atoms with E-state index in [9.17, 15) is 9.59 Å². The number of aliphatic carboxylic acids is 1. The molecule has 0 saturated carbocycles. The van der Waals surface area contributed by atoms with Gasteiger partial charge in [0.05, 0.1) is 5.75 Å². The molecule has 0 aliphatic heterocycles. The van der Waals surface area contributed by atoms with Crippen LogP contribution in [0.2, 0.25) is 0 Å². The number of amides is 1. The summed E-state index contributed by atoms with van der Waals surface area (Å²) in [5.41, 5.74) is 2.37. The molecular formula is C16H23NO3S. The van der Waals surface area contributed by atoms with Gasteiger partial charge in [-0.3, -0.25) is 4.79 Å². The van der Waals surface area contributed by atoms with Gasteiger partial charge >= 0.3 is 5.97 Å². The van der Waals surface area contributed by atoms with Gasteiger partial charge in [0.25, 0.3) is 0 Å². The van der Waals surface area contributed by atoms with Crippen LogP contribution in [0, 0.1) is 12.8 Å². The van der Waals surface area contributed by atoms with Crippen LogP contribution in [0.4, 0.5) is 0 Å². The van der Waals surface area contributed by atoms with E-state index in [1.807, 2.05) is 45.0 Å². The smallest absolute Gasteiger partial charge is 0.326 e. The molecule has 116 valence electrons. The third-order valence-electron chi connectivity index (χ3n) is 2.96. The second kappa shape index (κ2) is 8.72. The molecule has 1 amide bonds. The fraction of sp³-hybridized carbons (Fsp3) is 0.500. The largest absolute Gasteiger partial charge is 0.480 e. The number of carbonyl (C=O) groups excluding carboxylic acids is 1. The van der Waals surface area contributed by atoms with Gasteiger partial charge in [0, 0.05) is 5.75 Å². The SMILES string of the molecule is Cc1ccc(CSCC(=O)N[C@H](CC(C)C)C(=O)O)cc1. The van der Waals surface area contributed by atoms with Crippen molar-refractivity contribution in [2.24, 2.45) is 5.92 Å². The topological polar surface area (TPSA) is 66.4 Å². The maximum atomic E-state index is 11.8. The number of thioether (sulfide) groups is 1. The number of rotatable bonds is 8.